The molecule has 2 aliphatic rings. The molecule has 1 atom stereocenters. The number of nitro groups is 1. The van der Waals surface area contributed by atoms with E-state index in [0.29, 0.717) is 13.1 Å². The van der Waals surface area contributed by atoms with Crippen LogP contribution in [0.1, 0.15) is 33.9 Å². The number of fused-ring (bicyclic) bond motifs is 3. The summed E-state index contributed by atoms with van der Waals surface area (Å²) in [5, 5.41) is 11.0. The van der Waals surface area contributed by atoms with Gasteiger partial charge in [0.05, 0.1) is 11.0 Å². The largest absolute Gasteiger partial charge is 0.332 e. The van der Waals surface area contributed by atoms with Crippen molar-refractivity contribution in [3.63, 3.8) is 0 Å². The highest BCUT2D eigenvalue weighted by Gasteiger charge is 2.37. The SMILES string of the molecule is O=C(c1cccc([N+](=O)[O-])c1)N1CC(=O)N2CCCc3ccccc3C2C1. The van der Waals surface area contributed by atoms with Gasteiger partial charge in [-0.25, -0.2) is 0 Å². The fourth-order valence-corrected chi connectivity index (χ4v) is 3.96. The molecule has 0 spiro atoms. The van der Waals surface area contributed by atoms with Gasteiger partial charge in [-0.2, -0.15) is 0 Å². The second kappa shape index (κ2) is 6.83. The number of piperazine rings is 1. The number of amides is 2. The minimum Gasteiger partial charge on any atom is -0.332 e. The molecule has 0 saturated carbocycles. The molecule has 2 heterocycles. The van der Waals surface area contributed by atoms with Gasteiger partial charge in [0, 0.05) is 30.8 Å². The third-order valence-corrected chi connectivity index (χ3v) is 5.27. The van der Waals surface area contributed by atoms with E-state index in [4.69, 9.17) is 0 Å². The maximum atomic E-state index is 12.9. The lowest BCUT2D eigenvalue weighted by atomic mass is 9.96. The number of benzene rings is 2. The molecule has 2 amide bonds. The molecular weight excluding hydrogens is 346 g/mol. The standard InChI is InChI=1S/C20H19N3O4/c24-19-13-21(20(25)15-6-3-8-16(11-15)23(26)27)12-18-17-9-2-1-5-14(17)7-4-10-22(18)19/h1-3,5-6,8-9,11,18H,4,7,10,12-13H2. The third-order valence-electron chi connectivity index (χ3n) is 5.27. The van der Waals surface area contributed by atoms with Crippen LogP contribution < -0.4 is 0 Å². The number of non-ortho nitro benzene ring substituents is 1. The molecule has 0 N–H and O–H groups in total. The zero-order valence-electron chi connectivity index (χ0n) is 14.7. The highest BCUT2D eigenvalue weighted by atomic mass is 16.6. The topological polar surface area (TPSA) is 83.8 Å². The molecule has 0 bridgehead atoms. The predicted molar refractivity (Wildman–Crippen MR) is 98.2 cm³/mol. The Bertz CT molecular complexity index is 927. The van der Waals surface area contributed by atoms with Gasteiger partial charge in [-0.3, -0.25) is 19.7 Å². The van der Waals surface area contributed by atoms with Gasteiger partial charge in [0.2, 0.25) is 5.91 Å². The second-order valence-electron chi connectivity index (χ2n) is 6.90. The summed E-state index contributed by atoms with van der Waals surface area (Å²) in [4.78, 5) is 39.5. The zero-order valence-corrected chi connectivity index (χ0v) is 14.7. The van der Waals surface area contributed by atoms with Gasteiger partial charge in [0.15, 0.2) is 0 Å². The Balaban J connectivity index is 1.65. The first-order valence-electron chi connectivity index (χ1n) is 8.95. The van der Waals surface area contributed by atoms with Crippen molar-refractivity contribution in [2.75, 3.05) is 19.6 Å². The third kappa shape index (κ3) is 3.16. The van der Waals surface area contributed by atoms with Gasteiger partial charge >= 0.3 is 0 Å². The Morgan fingerprint density at radius 1 is 1.15 bits per heavy atom. The molecule has 0 aliphatic carbocycles. The van der Waals surface area contributed by atoms with E-state index in [1.54, 1.807) is 6.07 Å². The van der Waals surface area contributed by atoms with Crippen molar-refractivity contribution in [3.05, 3.63) is 75.3 Å². The Morgan fingerprint density at radius 3 is 2.78 bits per heavy atom. The van der Waals surface area contributed by atoms with Crippen LogP contribution in [0.15, 0.2) is 48.5 Å². The Hall–Kier alpha value is -3.22. The average molecular weight is 365 g/mol. The molecule has 1 fully saturated rings. The minimum atomic E-state index is -0.526. The Labute approximate surface area is 156 Å². The molecular formula is C20H19N3O4. The Kier molecular flexibility index (Phi) is 4.35. The fraction of sp³-hybridized carbons (Fsp3) is 0.300. The highest BCUT2D eigenvalue weighted by molar-refractivity contribution is 5.97. The van der Waals surface area contributed by atoms with E-state index in [-0.39, 0.29) is 35.7 Å². The van der Waals surface area contributed by atoms with Gasteiger partial charge in [-0.05, 0) is 30.0 Å². The number of aryl methyl sites for hydroxylation is 1. The molecule has 1 saturated heterocycles. The van der Waals surface area contributed by atoms with Crippen LogP contribution in [0.25, 0.3) is 0 Å². The van der Waals surface area contributed by atoms with Crippen molar-refractivity contribution in [2.45, 2.75) is 18.9 Å². The average Bonchev–Trinajstić information content (AvgIpc) is 2.87. The summed E-state index contributed by atoms with van der Waals surface area (Å²) >= 11 is 0. The quantitative estimate of drug-likeness (QED) is 0.605. The summed E-state index contributed by atoms with van der Waals surface area (Å²) in [5.74, 6) is -0.435. The van der Waals surface area contributed by atoms with Gasteiger partial charge in [0.1, 0.15) is 6.54 Å². The highest BCUT2D eigenvalue weighted by Crippen LogP contribution is 2.32. The van der Waals surface area contributed by atoms with Crippen LogP contribution in [0.2, 0.25) is 0 Å². The smallest absolute Gasteiger partial charge is 0.270 e. The molecule has 0 radical (unpaired) electrons. The molecule has 27 heavy (non-hydrogen) atoms. The first-order valence-corrected chi connectivity index (χ1v) is 8.95. The summed E-state index contributed by atoms with van der Waals surface area (Å²) in [7, 11) is 0. The van der Waals surface area contributed by atoms with Crippen molar-refractivity contribution in [1.82, 2.24) is 9.80 Å². The summed E-state index contributed by atoms with van der Waals surface area (Å²) in [6.45, 7) is 1.07. The summed E-state index contributed by atoms with van der Waals surface area (Å²) < 4.78 is 0. The van der Waals surface area contributed by atoms with E-state index in [1.165, 1.54) is 28.7 Å². The van der Waals surface area contributed by atoms with Crippen molar-refractivity contribution in [1.29, 1.82) is 0 Å². The summed E-state index contributed by atoms with van der Waals surface area (Å²) in [5.41, 5.74) is 2.39. The summed E-state index contributed by atoms with van der Waals surface area (Å²) in [6.07, 6.45) is 1.81. The second-order valence-corrected chi connectivity index (χ2v) is 6.90. The van der Waals surface area contributed by atoms with Gasteiger partial charge in [-0.1, -0.05) is 30.3 Å². The molecule has 7 heteroatoms. The van der Waals surface area contributed by atoms with Crippen LogP contribution in [0.4, 0.5) is 5.69 Å². The molecule has 2 aromatic rings. The number of carbonyl (C=O) groups is 2. The van der Waals surface area contributed by atoms with Crippen LogP contribution in [-0.4, -0.2) is 46.2 Å². The molecule has 7 nitrogen and oxygen atoms in total. The van der Waals surface area contributed by atoms with E-state index in [9.17, 15) is 19.7 Å². The molecule has 4 rings (SSSR count). The van der Waals surface area contributed by atoms with E-state index in [1.807, 2.05) is 23.1 Å². The maximum Gasteiger partial charge on any atom is 0.270 e. The lowest BCUT2D eigenvalue weighted by Crippen LogP contribution is -2.53. The molecule has 2 aromatic carbocycles. The van der Waals surface area contributed by atoms with Crippen LogP contribution >= 0.6 is 0 Å². The van der Waals surface area contributed by atoms with E-state index < -0.39 is 4.92 Å². The lowest BCUT2D eigenvalue weighted by molar-refractivity contribution is -0.384. The maximum absolute atomic E-state index is 12.9. The monoisotopic (exact) mass is 365 g/mol. The number of carbonyl (C=O) groups excluding carboxylic acids is 2. The van der Waals surface area contributed by atoms with Crippen molar-refractivity contribution in [3.8, 4) is 0 Å². The van der Waals surface area contributed by atoms with Gasteiger partial charge in [-0.15, -0.1) is 0 Å². The molecule has 2 aliphatic heterocycles. The fourth-order valence-electron chi connectivity index (χ4n) is 3.96. The van der Waals surface area contributed by atoms with Crippen LogP contribution in [0.5, 0.6) is 0 Å². The molecule has 138 valence electrons. The Morgan fingerprint density at radius 2 is 1.96 bits per heavy atom. The molecule has 1 unspecified atom stereocenters. The van der Waals surface area contributed by atoms with E-state index in [0.717, 1.165) is 18.4 Å². The lowest BCUT2D eigenvalue weighted by Gasteiger charge is -2.40. The number of hydrogen-bond acceptors (Lipinski definition) is 4. The van der Waals surface area contributed by atoms with Crippen molar-refractivity contribution < 1.29 is 14.5 Å². The zero-order chi connectivity index (χ0) is 19.0. The van der Waals surface area contributed by atoms with Gasteiger partial charge < -0.3 is 9.80 Å². The number of nitrogens with zero attached hydrogens (tertiary/aromatic N) is 3. The van der Waals surface area contributed by atoms with E-state index in [2.05, 4.69) is 6.07 Å². The van der Waals surface area contributed by atoms with Gasteiger partial charge in [0.25, 0.3) is 11.6 Å². The van der Waals surface area contributed by atoms with Crippen molar-refractivity contribution in [2.24, 2.45) is 0 Å². The first-order chi connectivity index (χ1) is 13.0. The van der Waals surface area contributed by atoms with Crippen LogP contribution in [0.3, 0.4) is 0 Å². The summed E-state index contributed by atoms with van der Waals surface area (Å²) in [6, 6.07) is 13.5. The molecule has 0 aromatic heterocycles. The number of rotatable bonds is 2. The first kappa shape index (κ1) is 17.2. The van der Waals surface area contributed by atoms with Crippen LogP contribution in [0, 0.1) is 10.1 Å². The van der Waals surface area contributed by atoms with Crippen molar-refractivity contribution >= 4 is 17.5 Å². The predicted octanol–water partition coefficient (Wildman–Crippen LogP) is 2.57. The number of nitro benzene ring substituents is 1. The van der Waals surface area contributed by atoms with E-state index >= 15 is 0 Å². The normalized spacial score (nSPS) is 19.1. The van der Waals surface area contributed by atoms with Crippen LogP contribution in [-0.2, 0) is 11.2 Å². The number of hydrogen-bond donors (Lipinski definition) is 0. The minimum absolute atomic E-state index is 0.000191.